The summed E-state index contributed by atoms with van der Waals surface area (Å²) in [5.74, 6) is -0.587. The quantitative estimate of drug-likeness (QED) is 0.814. The van der Waals surface area contributed by atoms with Crippen molar-refractivity contribution >= 4 is 29.2 Å². The number of hydrogen-bond acceptors (Lipinski definition) is 5. The number of anilines is 2. The fraction of sp³-hybridized carbons (Fsp3) is 0.357. The summed E-state index contributed by atoms with van der Waals surface area (Å²) in [5.41, 5.74) is 1.86. The van der Waals surface area contributed by atoms with Crippen LogP contribution in [0.3, 0.4) is 0 Å². The Labute approximate surface area is 121 Å². The van der Waals surface area contributed by atoms with Crippen molar-refractivity contribution < 1.29 is 23.9 Å². The molecule has 112 valence electrons. The summed E-state index contributed by atoms with van der Waals surface area (Å²) in [6.45, 7) is 1.74. The Hall–Kier alpha value is -2.57. The van der Waals surface area contributed by atoms with Gasteiger partial charge < -0.3 is 20.1 Å². The van der Waals surface area contributed by atoms with Crippen LogP contribution in [0.2, 0.25) is 0 Å². The molecule has 21 heavy (non-hydrogen) atoms. The first-order valence-corrected chi connectivity index (χ1v) is 6.43. The van der Waals surface area contributed by atoms with Gasteiger partial charge in [0, 0.05) is 6.42 Å². The van der Waals surface area contributed by atoms with E-state index in [1.54, 1.807) is 12.1 Å². The maximum Gasteiger partial charge on any atom is 0.306 e. The lowest BCUT2D eigenvalue weighted by molar-refractivity contribution is -0.141. The number of carbonyl (C=O) groups is 3. The van der Waals surface area contributed by atoms with Crippen molar-refractivity contribution in [2.24, 2.45) is 0 Å². The Bertz CT molecular complexity index is 597. The van der Waals surface area contributed by atoms with E-state index in [0.717, 1.165) is 5.56 Å². The van der Waals surface area contributed by atoms with Gasteiger partial charge >= 0.3 is 5.97 Å². The van der Waals surface area contributed by atoms with Gasteiger partial charge in [0.15, 0.2) is 12.4 Å². The monoisotopic (exact) mass is 292 g/mol. The molecular formula is C14H16N2O5. The summed E-state index contributed by atoms with van der Waals surface area (Å²) in [4.78, 5) is 34.2. The number of hydrogen-bond donors (Lipinski definition) is 2. The Kier molecular flexibility index (Phi) is 4.42. The minimum absolute atomic E-state index is 0.00787. The molecular weight excluding hydrogens is 276 g/mol. The third-order valence-corrected chi connectivity index (χ3v) is 2.91. The number of esters is 1. The first-order valence-electron chi connectivity index (χ1n) is 6.43. The van der Waals surface area contributed by atoms with Crippen molar-refractivity contribution in [3.63, 3.8) is 0 Å². The van der Waals surface area contributed by atoms with Crippen LogP contribution < -0.4 is 15.4 Å². The summed E-state index contributed by atoms with van der Waals surface area (Å²) >= 11 is 0. The molecule has 0 atom stereocenters. The molecule has 0 saturated carbocycles. The largest absolute Gasteiger partial charge is 0.479 e. The van der Waals surface area contributed by atoms with Gasteiger partial charge in [-0.1, -0.05) is 0 Å². The second-order valence-corrected chi connectivity index (χ2v) is 4.65. The molecule has 0 fully saturated rings. The molecule has 0 bridgehead atoms. The minimum Gasteiger partial charge on any atom is -0.479 e. The van der Waals surface area contributed by atoms with E-state index in [4.69, 9.17) is 4.74 Å². The third-order valence-electron chi connectivity index (χ3n) is 2.91. The molecule has 0 spiro atoms. The average molecular weight is 292 g/mol. The first-order chi connectivity index (χ1) is 9.99. The SMILES string of the molecule is COC(=O)CCC(=O)Nc1cc(C)cc2c1OCC(=O)N2. The predicted molar refractivity (Wildman–Crippen MR) is 75.2 cm³/mol. The molecule has 1 aromatic rings. The Morgan fingerprint density at radius 1 is 1.38 bits per heavy atom. The smallest absolute Gasteiger partial charge is 0.306 e. The minimum atomic E-state index is -0.445. The predicted octanol–water partition coefficient (Wildman–Crippen LogP) is 1.22. The maximum absolute atomic E-state index is 11.8. The van der Waals surface area contributed by atoms with Gasteiger partial charge in [-0.15, -0.1) is 0 Å². The van der Waals surface area contributed by atoms with Crippen molar-refractivity contribution in [3.8, 4) is 5.75 Å². The number of amides is 2. The summed E-state index contributed by atoms with van der Waals surface area (Å²) in [6.07, 6.45) is 0.0235. The molecule has 1 heterocycles. The first kappa shape index (κ1) is 14.8. The van der Waals surface area contributed by atoms with E-state index in [1.807, 2.05) is 6.92 Å². The van der Waals surface area contributed by atoms with E-state index < -0.39 is 5.97 Å². The summed E-state index contributed by atoms with van der Waals surface area (Å²) in [7, 11) is 1.27. The normalized spacial score (nSPS) is 12.8. The van der Waals surface area contributed by atoms with Gasteiger partial charge in [-0.25, -0.2) is 0 Å². The molecule has 0 aromatic heterocycles. The van der Waals surface area contributed by atoms with Crippen molar-refractivity contribution in [3.05, 3.63) is 17.7 Å². The molecule has 0 aliphatic carbocycles. The Balaban J connectivity index is 2.11. The van der Waals surface area contributed by atoms with Gasteiger partial charge in [0.2, 0.25) is 5.91 Å². The molecule has 0 saturated heterocycles. The number of methoxy groups -OCH3 is 1. The van der Waals surface area contributed by atoms with Crippen molar-refractivity contribution in [1.82, 2.24) is 0 Å². The summed E-state index contributed by atoms with van der Waals surface area (Å²) < 4.78 is 9.83. The second kappa shape index (κ2) is 6.25. The second-order valence-electron chi connectivity index (χ2n) is 4.65. The van der Waals surface area contributed by atoms with Crippen LogP contribution in [0.5, 0.6) is 5.75 Å². The zero-order chi connectivity index (χ0) is 15.4. The van der Waals surface area contributed by atoms with Crippen molar-refractivity contribution in [2.75, 3.05) is 24.4 Å². The van der Waals surface area contributed by atoms with Gasteiger partial charge in [0.05, 0.1) is 24.9 Å². The number of nitrogens with one attached hydrogen (secondary N) is 2. The van der Waals surface area contributed by atoms with Gasteiger partial charge in [0.1, 0.15) is 0 Å². The number of carbonyl (C=O) groups excluding carboxylic acids is 3. The number of aryl methyl sites for hydroxylation is 1. The van der Waals surface area contributed by atoms with Crippen molar-refractivity contribution in [2.45, 2.75) is 19.8 Å². The zero-order valence-corrected chi connectivity index (χ0v) is 11.8. The number of rotatable bonds is 4. The van der Waals surface area contributed by atoms with Crippen LogP contribution in [0.25, 0.3) is 0 Å². The van der Waals surface area contributed by atoms with Crippen LogP contribution >= 0.6 is 0 Å². The Morgan fingerprint density at radius 2 is 2.14 bits per heavy atom. The number of benzene rings is 1. The lowest BCUT2D eigenvalue weighted by Crippen LogP contribution is -2.26. The molecule has 1 aliphatic rings. The molecule has 7 nitrogen and oxygen atoms in total. The summed E-state index contributed by atoms with van der Waals surface area (Å²) in [6, 6.07) is 3.50. The summed E-state index contributed by atoms with van der Waals surface area (Å²) in [5, 5.41) is 5.37. The van der Waals surface area contributed by atoms with Gasteiger partial charge in [0.25, 0.3) is 5.91 Å². The van der Waals surface area contributed by atoms with Crippen LogP contribution in [0.1, 0.15) is 18.4 Å². The molecule has 2 N–H and O–H groups in total. The topological polar surface area (TPSA) is 93.7 Å². The van der Waals surface area contributed by atoms with Crippen LogP contribution in [0.4, 0.5) is 11.4 Å². The highest BCUT2D eigenvalue weighted by atomic mass is 16.5. The highest BCUT2D eigenvalue weighted by Crippen LogP contribution is 2.37. The van der Waals surface area contributed by atoms with Crippen LogP contribution in [-0.4, -0.2) is 31.5 Å². The lowest BCUT2D eigenvalue weighted by Gasteiger charge is -2.21. The fourth-order valence-electron chi connectivity index (χ4n) is 1.97. The molecule has 1 aliphatic heterocycles. The van der Waals surface area contributed by atoms with Crippen molar-refractivity contribution in [1.29, 1.82) is 0 Å². The van der Waals surface area contributed by atoms with Crippen LogP contribution in [-0.2, 0) is 19.1 Å². The number of fused-ring (bicyclic) bond motifs is 1. The molecule has 0 unspecified atom stereocenters. The van der Waals surface area contributed by atoms with Gasteiger partial charge in [-0.05, 0) is 24.6 Å². The molecule has 7 heteroatoms. The highest BCUT2D eigenvalue weighted by Gasteiger charge is 2.21. The zero-order valence-electron chi connectivity index (χ0n) is 11.8. The molecule has 2 amide bonds. The Morgan fingerprint density at radius 3 is 2.86 bits per heavy atom. The van der Waals surface area contributed by atoms with E-state index >= 15 is 0 Å². The molecule has 2 rings (SSSR count). The van der Waals surface area contributed by atoms with E-state index in [2.05, 4.69) is 15.4 Å². The van der Waals surface area contributed by atoms with E-state index in [1.165, 1.54) is 7.11 Å². The van der Waals surface area contributed by atoms with Gasteiger partial charge in [-0.2, -0.15) is 0 Å². The van der Waals surface area contributed by atoms with Gasteiger partial charge in [-0.3, -0.25) is 14.4 Å². The maximum atomic E-state index is 11.8. The highest BCUT2D eigenvalue weighted by molar-refractivity contribution is 6.00. The molecule has 0 radical (unpaired) electrons. The van der Waals surface area contributed by atoms with E-state index in [-0.39, 0.29) is 31.3 Å². The van der Waals surface area contributed by atoms with E-state index in [0.29, 0.717) is 17.1 Å². The average Bonchev–Trinajstić information content (AvgIpc) is 2.43. The standard InChI is InChI=1S/C14H16N2O5/c1-8-5-9(15-11(17)3-4-13(19)20-2)14-10(6-8)16-12(18)7-21-14/h5-6H,3-4,7H2,1-2H3,(H,15,17)(H,16,18). The molecule has 1 aromatic carbocycles. The third kappa shape index (κ3) is 3.71. The lowest BCUT2D eigenvalue weighted by atomic mass is 10.1. The fourth-order valence-corrected chi connectivity index (χ4v) is 1.97. The van der Waals surface area contributed by atoms with E-state index in [9.17, 15) is 14.4 Å². The van der Waals surface area contributed by atoms with Crippen LogP contribution in [0.15, 0.2) is 12.1 Å². The van der Waals surface area contributed by atoms with Crippen LogP contribution in [0, 0.1) is 6.92 Å². The number of ether oxygens (including phenoxy) is 2.